The molecule has 2 aliphatic rings. The summed E-state index contributed by atoms with van der Waals surface area (Å²) in [6, 6.07) is 0.418. The van der Waals surface area contributed by atoms with Gasteiger partial charge in [-0.15, -0.1) is 11.3 Å². The van der Waals surface area contributed by atoms with E-state index in [1.165, 1.54) is 11.3 Å². The minimum atomic E-state index is -0.902. The van der Waals surface area contributed by atoms with Gasteiger partial charge in [-0.2, -0.15) is 0 Å². The first-order valence-electron chi connectivity index (χ1n) is 9.05. The number of anilines is 1. The Morgan fingerprint density at radius 2 is 2.08 bits per heavy atom. The van der Waals surface area contributed by atoms with Gasteiger partial charge in [0, 0.05) is 36.4 Å². The van der Waals surface area contributed by atoms with Gasteiger partial charge in [-0.05, 0) is 39.5 Å². The monoisotopic (exact) mass is 375 g/mol. The van der Waals surface area contributed by atoms with Crippen LogP contribution in [0.15, 0.2) is 12.4 Å². The normalized spacial score (nSPS) is 28.5. The van der Waals surface area contributed by atoms with Crippen LogP contribution in [-0.2, 0) is 17.4 Å². The maximum absolute atomic E-state index is 12.5. The number of carbonyl (C=O) groups excluding carboxylic acids is 1. The number of aryl methyl sites for hydroxylation is 3. The van der Waals surface area contributed by atoms with E-state index in [-0.39, 0.29) is 18.0 Å². The van der Waals surface area contributed by atoms with Gasteiger partial charge in [0.2, 0.25) is 5.91 Å². The molecule has 4 heterocycles. The molecule has 2 aliphatic heterocycles. The Labute approximate surface area is 157 Å². The lowest BCUT2D eigenvalue weighted by Crippen LogP contribution is -2.52. The van der Waals surface area contributed by atoms with E-state index in [0.717, 1.165) is 29.2 Å². The summed E-state index contributed by atoms with van der Waals surface area (Å²) >= 11 is 1.51. The first kappa shape index (κ1) is 17.6. The third-order valence-corrected chi connectivity index (χ3v) is 6.74. The molecular formula is C18H25N5O2S. The second-order valence-corrected chi connectivity index (χ2v) is 8.77. The van der Waals surface area contributed by atoms with E-state index in [1.807, 2.05) is 31.7 Å². The van der Waals surface area contributed by atoms with Crippen LogP contribution in [0.4, 0.5) is 5.13 Å². The summed E-state index contributed by atoms with van der Waals surface area (Å²) in [5.41, 5.74) is 0.0594. The highest BCUT2D eigenvalue weighted by atomic mass is 32.1. The molecule has 2 saturated heterocycles. The molecular weight excluding hydrogens is 350 g/mol. The molecule has 26 heavy (non-hydrogen) atoms. The molecule has 0 unspecified atom stereocenters. The largest absolute Gasteiger partial charge is 0.382 e. The van der Waals surface area contributed by atoms with Gasteiger partial charge in [0.05, 0.1) is 12.2 Å². The van der Waals surface area contributed by atoms with E-state index in [2.05, 4.69) is 20.2 Å². The van der Waals surface area contributed by atoms with Gasteiger partial charge in [-0.1, -0.05) is 0 Å². The maximum Gasteiger partial charge on any atom is 0.240 e. The highest BCUT2D eigenvalue weighted by molar-refractivity contribution is 7.15. The third-order valence-electron chi connectivity index (χ3n) is 5.76. The molecule has 8 heteroatoms. The van der Waals surface area contributed by atoms with Crippen LogP contribution >= 0.6 is 11.3 Å². The number of nitrogens with zero attached hydrogens (tertiary/aromatic N) is 4. The average molecular weight is 375 g/mol. The molecule has 2 aromatic heterocycles. The van der Waals surface area contributed by atoms with Crippen LogP contribution in [0.1, 0.15) is 42.1 Å². The molecule has 2 bridgehead atoms. The highest BCUT2D eigenvalue weighted by Gasteiger charge is 2.50. The molecule has 2 aromatic rings. The van der Waals surface area contributed by atoms with Crippen molar-refractivity contribution >= 4 is 22.4 Å². The van der Waals surface area contributed by atoms with Crippen LogP contribution in [-0.4, -0.2) is 49.1 Å². The van der Waals surface area contributed by atoms with Gasteiger partial charge in [0.25, 0.3) is 0 Å². The standard InChI is InChI=1S/C18H25N5O2S/c1-11-12(2)26-17(20-11)21-15(24)10-23-13-4-5-14(23)9-18(25,8-13)16-19-6-7-22(16)3/h6-7,13-14,25H,4-5,8-10H2,1-3H3,(H,20,21,24)/t13-,14-/m0/s1. The Bertz CT molecular complexity index is 796. The zero-order valence-corrected chi connectivity index (χ0v) is 16.2. The number of piperidine rings is 1. The number of aliphatic hydroxyl groups is 1. The molecule has 2 fully saturated rings. The predicted molar refractivity (Wildman–Crippen MR) is 100 cm³/mol. The van der Waals surface area contributed by atoms with Gasteiger partial charge in [0.1, 0.15) is 11.4 Å². The fourth-order valence-corrected chi connectivity index (χ4v) is 5.25. The number of amides is 1. The number of aromatic nitrogens is 3. The quantitative estimate of drug-likeness (QED) is 0.853. The van der Waals surface area contributed by atoms with Crippen molar-refractivity contribution in [1.29, 1.82) is 0 Å². The number of imidazole rings is 1. The molecule has 2 atom stereocenters. The summed E-state index contributed by atoms with van der Waals surface area (Å²) < 4.78 is 1.90. The minimum Gasteiger partial charge on any atom is -0.382 e. The summed E-state index contributed by atoms with van der Waals surface area (Å²) in [6.45, 7) is 4.31. The summed E-state index contributed by atoms with van der Waals surface area (Å²) in [7, 11) is 1.92. The van der Waals surface area contributed by atoms with E-state index in [9.17, 15) is 9.90 Å². The first-order chi connectivity index (χ1) is 12.4. The second kappa shape index (κ2) is 6.44. The van der Waals surface area contributed by atoms with Gasteiger partial charge >= 0.3 is 0 Å². The summed E-state index contributed by atoms with van der Waals surface area (Å²) in [4.78, 5) is 24.6. The van der Waals surface area contributed by atoms with Crippen molar-refractivity contribution < 1.29 is 9.90 Å². The second-order valence-electron chi connectivity index (χ2n) is 7.57. The Morgan fingerprint density at radius 3 is 2.62 bits per heavy atom. The minimum absolute atomic E-state index is 0.0296. The molecule has 4 rings (SSSR count). The topological polar surface area (TPSA) is 83.3 Å². The van der Waals surface area contributed by atoms with Crippen LogP contribution in [0.5, 0.6) is 0 Å². The fraction of sp³-hybridized carbons (Fsp3) is 0.611. The first-order valence-corrected chi connectivity index (χ1v) is 9.87. The Hall–Kier alpha value is -1.77. The maximum atomic E-state index is 12.5. The number of carbonyl (C=O) groups is 1. The molecule has 0 radical (unpaired) electrons. The smallest absolute Gasteiger partial charge is 0.240 e. The number of thiazole rings is 1. The van der Waals surface area contributed by atoms with E-state index in [0.29, 0.717) is 24.5 Å². The van der Waals surface area contributed by atoms with E-state index < -0.39 is 5.60 Å². The zero-order valence-electron chi connectivity index (χ0n) is 15.4. The third kappa shape index (κ3) is 3.06. The van der Waals surface area contributed by atoms with Crippen LogP contribution < -0.4 is 5.32 Å². The van der Waals surface area contributed by atoms with E-state index >= 15 is 0 Å². The van der Waals surface area contributed by atoms with Gasteiger partial charge < -0.3 is 15.0 Å². The van der Waals surface area contributed by atoms with Gasteiger partial charge in [-0.3, -0.25) is 9.69 Å². The van der Waals surface area contributed by atoms with Crippen LogP contribution in [0.2, 0.25) is 0 Å². The number of rotatable bonds is 4. The van der Waals surface area contributed by atoms with Crippen molar-refractivity contribution in [2.45, 2.75) is 57.2 Å². The van der Waals surface area contributed by atoms with Crippen molar-refractivity contribution in [1.82, 2.24) is 19.4 Å². The Kier molecular flexibility index (Phi) is 4.37. The fourth-order valence-electron chi connectivity index (χ4n) is 4.42. The molecule has 140 valence electrons. The van der Waals surface area contributed by atoms with Crippen molar-refractivity contribution in [3.8, 4) is 0 Å². The zero-order chi connectivity index (χ0) is 18.5. The van der Waals surface area contributed by atoms with Crippen molar-refractivity contribution in [3.63, 3.8) is 0 Å². The number of hydrogen-bond acceptors (Lipinski definition) is 6. The van der Waals surface area contributed by atoms with Crippen molar-refractivity contribution in [2.75, 3.05) is 11.9 Å². The highest BCUT2D eigenvalue weighted by Crippen LogP contribution is 2.45. The van der Waals surface area contributed by atoms with E-state index in [4.69, 9.17) is 0 Å². The lowest BCUT2D eigenvalue weighted by molar-refractivity contribution is -0.121. The summed E-state index contributed by atoms with van der Waals surface area (Å²) in [5.74, 6) is 0.699. The van der Waals surface area contributed by atoms with Gasteiger partial charge in [-0.25, -0.2) is 9.97 Å². The van der Waals surface area contributed by atoms with E-state index in [1.54, 1.807) is 6.20 Å². The molecule has 0 aliphatic carbocycles. The molecule has 0 saturated carbocycles. The van der Waals surface area contributed by atoms with Crippen molar-refractivity contribution in [3.05, 3.63) is 28.8 Å². The number of fused-ring (bicyclic) bond motifs is 2. The van der Waals surface area contributed by atoms with Crippen LogP contribution in [0.25, 0.3) is 0 Å². The lowest BCUT2D eigenvalue weighted by atomic mass is 9.85. The Balaban J connectivity index is 1.43. The summed E-state index contributed by atoms with van der Waals surface area (Å²) in [6.07, 6.45) is 6.87. The molecule has 1 amide bonds. The number of nitrogens with one attached hydrogen (secondary N) is 1. The van der Waals surface area contributed by atoms with Crippen LogP contribution in [0.3, 0.4) is 0 Å². The number of hydrogen-bond donors (Lipinski definition) is 2. The van der Waals surface area contributed by atoms with Crippen LogP contribution in [0, 0.1) is 13.8 Å². The summed E-state index contributed by atoms with van der Waals surface area (Å²) in [5, 5.41) is 14.8. The molecule has 0 spiro atoms. The van der Waals surface area contributed by atoms with Crippen molar-refractivity contribution in [2.24, 2.45) is 7.05 Å². The molecule has 7 nitrogen and oxygen atoms in total. The Morgan fingerprint density at radius 1 is 1.38 bits per heavy atom. The predicted octanol–water partition coefficient (Wildman–Crippen LogP) is 1.95. The molecule has 0 aromatic carbocycles. The molecule has 2 N–H and O–H groups in total. The van der Waals surface area contributed by atoms with Gasteiger partial charge in [0.15, 0.2) is 5.13 Å². The lowest BCUT2D eigenvalue weighted by Gasteiger charge is -2.43. The SMILES string of the molecule is Cc1nc(NC(=O)CN2[C@H]3CC[C@H]2CC(O)(c2nccn2C)C3)sc1C. The average Bonchev–Trinajstić information content (AvgIpc) is 3.19.